The molecule has 126 valence electrons. The summed E-state index contributed by atoms with van der Waals surface area (Å²) >= 11 is 3.46. The molecule has 5 heteroatoms. The SMILES string of the molecule is Cc1nc2ccc(Br)cc2cc1C(CCC#N)C(=O)OC(C)(C)C. The second-order valence-electron chi connectivity index (χ2n) is 6.78. The molecule has 0 saturated carbocycles. The molecule has 0 radical (unpaired) electrons. The first-order valence-electron chi connectivity index (χ1n) is 7.88. The van der Waals surface area contributed by atoms with Crippen molar-refractivity contribution in [3.63, 3.8) is 0 Å². The fourth-order valence-electron chi connectivity index (χ4n) is 2.59. The summed E-state index contributed by atoms with van der Waals surface area (Å²) in [6.45, 7) is 7.42. The van der Waals surface area contributed by atoms with E-state index < -0.39 is 11.5 Å². The van der Waals surface area contributed by atoms with Gasteiger partial charge >= 0.3 is 5.97 Å². The Bertz CT molecular complexity index is 803. The fourth-order valence-corrected chi connectivity index (χ4v) is 2.97. The van der Waals surface area contributed by atoms with Crippen LogP contribution in [0.25, 0.3) is 10.9 Å². The highest BCUT2D eigenvalue weighted by atomic mass is 79.9. The predicted molar refractivity (Wildman–Crippen MR) is 97.6 cm³/mol. The molecular weight excluding hydrogens is 368 g/mol. The van der Waals surface area contributed by atoms with E-state index in [1.807, 2.05) is 52.0 Å². The minimum Gasteiger partial charge on any atom is -0.459 e. The number of pyridine rings is 1. The summed E-state index contributed by atoms with van der Waals surface area (Å²) < 4.78 is 6.51. The summed E-state index contributed by atoms with van der Waals surface area (Å²) in [4.78, 5) is 17.3. The molecule has 0 aliphatic heterocycles. The topological polar surface area (TPSA) is 63.0 Å². The molecule has 0 spiro atoms. The van der Waals surface area contributed by atoms with Gasteiger partial charge in [0.2, 0.25) is 0 Å². The van der Waals surface area contributed by atoms with Crippen LogP contribution >= 0.6 is 15.9 Å². The zero-order valence-corrected chi connectivity index (χ0v) is 16.0. The van der Waals surface area contributed by atoms with Crippen molar-refractivity contribution in [2.24, 2.45) is 0 Å². The number of carbonyl (C=O) groups is 1. The Morgan fingerprint density at radius 3 is 2.71 bits per heavy atom. The molecule has 0 aliphatic rings. The van der Waals surface area contributed by atoms with Crippen molar-refractivity contribution in [3.05, 3.63) is 40.0 Å². The van der Waals surface area contributed by atoms with E-state index in [1.165, 1.54) is 0 Å². The maximum Gasteiger partial charge on any atom is 0.314 e. The molecule has 1 aromatic heterocycles. The normalized spacial score (nSPS) is 12.7. The Morgan fingerprint density at radius 2 is 2.08 bits per heavy atom. The standard InChI is InChI=1S/C19H21BrN2O2/c1-12-16(11-13-10-14(20)7-8-17(13)22-12)15(6-5-9-21)18(23)24-19(2,3)4/h7-8,10-11,15H,5-6H2,1-4H3. The number of rotatable bonds is 4. The van der Waals surface area contributed by atoms with Crippen molar-refractivity contribution >= 4 is 32.8 Å². The minimum atomic E-state index is -0.566. The monoisotopic (exact) mass is 388 g/mol. The number of benzene rings is 1. The first kappa shape index (κ1) is 18.4. The molecule has 1 aromatic carbocycles. The number of hydrogen-bond acceptors (Lipinski definition) is 4. The zero-order valence-electron chi connectivity index (χ0n) is 14.4. The predicted octanol–water partition coefficient (Wildman–Crippen LogP) is 5.03. The number of halogens is 1. The van der Waals surface area contributed by atoms with E-state index in [0.29, 0.717) is 12.8 Å². The quantitative estimate of drug-likeness (QED) is 0.688. The van der Waals surface area contributed by atoms with Gasteiger partial charge in [-0.3, -0.25) is 9.78 Å². The number of ether oxygens (including phenoxy) is 1. The molecule has 2 rings (SSSR count). The molecule has 1 atom stereocenters. The average molecular weight is 389 g/mol. The molecule has 0 saturated heterocycles. The van der Waals surface area contributed by atoms with Gasteiger partial charge in [0.15, 0.2) is 0 Å². The van der Waals surface area contributed by atoms with E-state index in [1.54, 1.807) is 0 Å². The van der Waals surface area contributed by atoms with E-state index in [0.717, 1.165) is 26.6 Å². The lowest BCUT2D eigenvalue weighted by atomic mass is 9.92. The van der Waals surface area contributed by atoms with Crippen molar-refractivity contribution in [3.8, 4) is 6.07 Å². The van der Waals surface area contributed by atoms with Crippen LogP contribution in [0.1, 0.15) is 50.8 Å². The minimum absolute atomic E-state index is 0.292. The summed E-state index contributed by atoms with van der Waals surface area (Å²) in [5, 5.41) is 9.88. The molecule has 1 heterocycles. The smallest absolute Gasteiger partial charge is 0.314 e. The van der Waals surface area contributed by atoms with E-state index in [-0.39, 0.29) is 5.97 Å². The molecule has 0 amide bonds. The summed E-state index contributed by atoms with van der Waals surface area (Å²) in [5.74, 6) is -0.795. The Kier molecular flexibility index (Phi) is 5.61. The van der Waals surface area contributed by atoms with Gasteiger partial charge in [-0.25, -0.2) is 0 Å². The molecule has 2 aromatic rings. The number of carbonyl (C=O) groups excluding carboxylic acids is 1. The third kappa shape index (κ3) is 4.55. The van der Waals surface area contributed by atoms with Crippen LogP contribution in [-0.2, 0) is 9.53 Å². The molecule has 0 aliphatic carbocycles. The van der Waals surface area contributed by atoms with Gasteiger partial charge in [0.25, 0.3) is 0 Å². The van der Waals surface area contributed by atoms with Gasteiger partial charge in [0, 0.05) is 22.0 Å². The summed E-state index contributed by atoms with van der Waals surface area (Å²) in [7, 11) is 0. The highest BCUT2D eigenvalue weighted by Gasteiger charge is 2.28. The van der Waals surface area contributed by atoms with Gasteiger partial charge in [0.05, 0.1) is 17.5 Å². The number of hydrogen-bond donors (Lipinski definition) is 0. The number of esters is 1. The van der Waals surface area contributed by atoms with Crippen molar-refractivity contribution < 1.29 is 9.53 Å². The number of nitriles is 1. The van der Waals surface area contributed by atoms with Crippen molar-refractivity contribution in [2.75, 3.05) is 0 Å². The molecule has 0 fully saturated rings. The summed E-state index contributed by atoms with van der Waals surface area (Å²) in [6, 6.07) is 9.95. The van der Waals surface area contributed by atoms with Gasteiger partial charge < -0.3 is 4.74 Å². The second-order valence-corrected chi connectivity index (χ2v) is 7.70. The molecule has 24 heavy (non-hydrogen) atoms. The molecule has 4 nitrogen and oxygen atoms in total. The Labute approximate surface area is 151 Å². The third-order valence-corrected chi connectivity index (χ3v) is 4.11. The van der Waals surface area contributed by atoms with E-state index in [4.69, 9.17) is 10.00 Å². The molecular formula is C19H21BrN2O2. The van der Waals surface area contributed by atoms with Crippen LogP contribution in [0.5, 0.6) is 0 Å². The van der Waals surface area contributed by atoms with Crippen molar-refractivity contribution in [2.45, 2.75) is 52.1 Å². The van der Waals surface area contributed by atoms with Gasteiger partial charge in [-0.1, -0.05) is 15.9 Å². The number of nitrogens with zero attached hydrogens (tertiary/aromatic N) is 2. The molecule has 1 unspecified atom stereocenters. The number of fused-ring (bicyclic) bond motifs is 1. The lowest BCUT2D eigenvalue weighted by Crippen LogP contribution is -2.28. The summed E-state index contributed by atoms with van der Waals surface area (Å²) in [6.07, 6.45) is 0.716. The first-order valence-corrected chi connectivity index (χ1v) is 8.67. The molecule has 0 bridgehead atoms. The van der Waals surface area contributed by atoms with E-state index in [9.17, 15) is 4.79 Å². The van der Waals surface area contributed by atoms with Crippen LogP contribution in [0.3, 0.4) is 0 Å². The zero-order chi connectivity index (χ0) is 17.9. The third-order valence-electron chi connectivity index (χ3n) is 3.62. The van der Waals surface area contributed by atoms with Crippen LogP contribution in [0.4, 0.5) is 0 Å². The van der Waals surface area contributed by atoms with Crippen LogP contribution in [-0.4, -0.2) is 16.6 Å². The Hall–Kier alpha value is -1.93. The average Bonchev–Trinajstić information content (AvgIpc) is 2.46. The van der Waals surface area contributed by atoms with Crippen LogP contribution in [0.2, 0.25) is 0 Å². The Morgan fingerprint density at radius 1 is 1.38 bits per heavy atom. The number of aryl methyl sites for hydroxylation is 1. The van der Waals surface area contributed by atoms with E-state index >= 15 is 0 Å². The fraction of sp³-hybridized carbons (Fsp3) is 0.421. The second kappa shape index (κ2) is 7.31. The Balaban J connectivity index is 2.48. The highest BCUT2D eigenvalue weighted by Crippen LogP contribution is 2.30. The first-order chi connectivity index (χ1) is 11.2. The summed E-state index contributed by atoms with van der Waals surface area (Å²) in [5.41, 5.74) is 1.93. The maximum absolute atomic E-state index is 12.7. The van der Waals surface area contributed by atoms with E-state index in [2.05, 4.69) is 27.0 Å². The van der Waals surface area contributed by atoms with Crippen LogP contribution in [0, 0.1) is 18.3 Å². The maximum atomic E-state index is 12.7. The van der Waals surface area contributed by atoms with Crippen molar-refractivity contribution in [1.82, 2.24) is 4.98 Å². The van der Waals surface area contributed by atoms with Gasteiger partial charge in [-0.05, 0) is 63.9 Å². The highest BCUT2D eigenvalue weighted by molar-refractivity contribution is 9.10. The largest absolute Gasteiger partial charge is 0.459 e. The lowest BCUT2D eigenvalue weighted by molar-refractivity contribution is -0.156. The van der Waals surface area contributed by atoms with Gasteiger partial charge in [-0.2, -0.15) is 5.26 Å². The van der Waals surface area contributed by atoms with Gasteiger partial charge in [0.1, 0.15) is 5.60 Å². The van der Waals surface area contributed by atoms with Gasteiger partial charge in [-0.15, -0.1) is 0 Å². The van der Waals surface area contributed by atoms with Crippen molar-refractivity contribution in [1.29, 1.82) is 5.26 Å². The lowest BCUT2D eigenvalue weighted by Gasteiger charge is -2.24. The number of aromatic nitrogens is 1. The molecule has 0 N–H and O–H groups in total. The van der Waals surface area contributed by atoms with Crippen LogP contribution < -0.4 is 0 Å². The van der Waals surface area contributed by atoms with Crippen LogP contribution in [0.15, 0.2) is 28.7 Å².